The van der Waals surface area contributed by atoms with Gasteiger partial charge in [-0.05, 0) is 47.0 Å². The molecule has 0 atom stereocenters. The Balaban J connectivity index is 1.56. The van der Waals surface area contributed by atoms with E-state index in [0.29, 0.717) is 22.6 Å². The normalized spacial score (nSPS) is 14.2. The molecule has 0 N–H and O–H groups in total. The molecule has 0 aliphatic carbocycles. The summed E-state index contributed by atoms with van der Waals surface area (Å²) in [5, 5.41) is 0. The molecule has 4 rings (SSSR count). The Morgan fingerprint density at radius 1 is 0.909 bits per heavy atom. The SMILES string of the molecule is COc1cc(/C=C2\N=C(c3ccc(-c4ccccc4)cc3)OC2=O)ccc1OC(=O)C(C)C. The third kappa shape index (κ3) is 5.01. The van der Waals surface area contributed by atoms with E-state index in [1.54, 1.807) is 38.1 Å². The number of hydrogen-bond donors (Lipinski definition) is 0. The first-order valence-electron chi connectivity index (χ1n) is 10.5. The predicted molar refractivity (Wildman–Crippen MR) is 126 cm³/mol. The fourth-order valence-corrected chi connectivity index (χ4v) is 3.21. The molecule has 1 aliphatic rings. The summed E-state index contributed by atoms with van der Waals surface area (Å²) in [7, 11) is 1.48. The molecule has 3 aromatic rings. The predicted octanol–water partition coefficient (Wildman–Crippen LogP) is 5.27. The summed E-state index contributed by atoms with van der Waals surface area (Å²) in [5.74, 6) is -0.210. The number of cyclic esters (lactones) is 1. The highest BCUT2D eigenvalue weighted by Crippen LogP contribution is 2.30. The highest BCUT2D eigenvalue weighted by molar-refractivity contribution is 6.13. The zero-order valence-electron chi connectivity index (χ0n) is 18.6. The van der Waals surface area contributed by atoms with E-state index in [1.165, 1.54) is 7.11 Å². The zero-order valence-corrected chi connectivity index (χ0v) is 18.6. The Morgan fingerprint density at radius 2 is 1.58 bits per heavy atom. The van der Waals surface area contributed by atoms with Crippen LogP contribution in [0.1, 0.15) is 25.0 Å². The lowest BCUT2D eigenvalue weighted by atomic mass is 10.0. The molecular weight excluding hydrogens is 418 g/mol. The number of nitrogens with zero attached hydrogens (tertiary/aromatic N) is 1. The van der Waals surface area contributed by atoms with E-state index in [4.69, 9.17) is 14.2 Å². The monoisotopic (exact) mass is 441 g/mol. The first-order chi connectivity index (χ1) is 15.9. The lowest BCUT2D eigenvalue weighted by Crippen LogP contribution is -2.15. The number of ether oxygens (including phenoxy) is 3. The van der Waals surface area contributed by atoms with Gasteiger partial charge in [0.05, 0.1) is 13.0 Å². The van der Waals surface area contributed by atoms with Gasteiger partial charge in [-0.1, -0.05) is 62.4 Å². The van der Waals surface area contributed by atoms with Crippen LogP contribution >= 0.6 is 0 Å². The maximum Gasteiger partial charge on any atom is 0.363 e. The molecule has 0 amide bonds. The minimum Gasteiger partial charge on any atom is -0.493 e. The Hall–Kier alpha value is -4.19. The van der Waals surface area contributed by atoms with Crippen LogP contribution in [0.2, 0.25) is 0 Å². The van der Waals surface area contributed by atoms with Crippen molar-refractivity contribution in [3.63, 3.8) is 0 Å². The molecular formula is C27H23NO5. The Bertz CT molecular complexity index is 1240. The quantitative estimate of drug-likeness (QED) is 0.296. The van der Waals surface area contributed by atoms with Gasteiger partial charge in [0, 0.05) is 5.56 Å². The number of aliphatic imine (C=N–C) groups is 1. The Labute approximate surface area is 192 Å². The fraction of sp³-hybridized carbons (Fsp3) is 0.148. The van der Waals surface area contributed by atoms with Crippen LogP contribution in [0.5, 0.6) is 11.5 Å². The van der Waals surface area contributed by atoms with Gasteiger partial charge in [0.2, 0.25) is 5.90 Å². The molecule has 0 fully saturated rings. The molecule has 6 nitrogen and oxygen atoms in total. The smallest absolute Gasteiger partial charge is 0.363 e. The molecule has 0 saturated heterocycles. The minimum atomic E-state index is -0.536. The molecule has 1 heterocycles. The second-order valence-corrected chi connectivity index (χ2v) is 7.77. The van der Waals surface area contributed by atoms with E-state index in [0.717, 1.165) is 11.1 Å². The van der Waals surface area contributed by atoms with E-state index < -0.39 is 5.97 Å². The molecule has 0 saturated carbocycles. The molecule has 166 valence electrons. The lowest BCUT2D eigenvalue weighted by Gasteiger charge is -2.11. The average molecular weight is 441 g/mol. The zero-order chi connectivity index (χ0) is 23.4. The fourth-order valence-electron chi connectivity index (χ4n) is 3.21. The van der Waals surface area contributed by atoms with E-state index >= 15 is 0 Å². The number of carbonyl (C=O) groups is 2. The standard InChI is InChI=1S/C27H23NO5/c1-17(2)26(29)32-23-14-9-18(16-24(23)31-3)15-22-27(30)33-25(28-22)21-12-10-20(11-13-21)19-7-5-4-6-8-19/h4-17H,1-3H3/b22-15-. The molecule has 0 unspecified atom stereocenters. The van der Waals surface area contributed by atoms with Gasteiger partial charge in [-0.2, -0.15) is 0 Å². The van der Waals surface area contributed by atoms with Crippen molar-refractivity contribution in [2.24, 2.45) is 10.9 Å². The van der Waals surface area contributed by atoms with Gasteiger partial charge >= 0.3 is 11.9 Å². The number of carbonyl (C=O) groups excluding carboxylic acids is 2. The summed E-state index contributed by atoms with van der Waals surface area (Å²) in [6, 6.07) is 22.7. The lowest BCUT2D eigenvalue weighted by molar-refractivity contribution is -0.137. The van der Waals surface area contributed by atoms with E-state index in [1.807, 2.05) is 54.6 Å². The van der Waals surface area contributed by atoms with Gasteiger partial charge in [-0.25, -0.2) is 9.79 Å². The second kappa shape index (κ2) is 9.53. The van der Waals surface area contributed by atoms with Crippen molar-refractivity contribution in [2.75, 3.05) is 7.11 Å². The van der Waals surface area contributed by atoms with Crippen molar-refractivity contribution in [3.8, 4) is 22.6 Å². The first-order valence-corrected chi connectivity index (χ1v) is 10.5. The van der Waals surface area contributed by atoms with Crippen LogP contribution in [-0.2, 0) is 14.3 Å². The van der Waals surface area contributed by atoms with Gasteiger partial charge in [-0.3, -0.25) is 4.79 Å². The van der Waals surface area contributed by atoms with E-state index in [2.05, 4.69) is 4.99 Å². The van der Waals surface area contributed by atoms with Crippen molar-refractivity contribution in [3.05, 3.63) is 89.6 Å². The van der Waals surface area contributed by atoms with Gasteiger partial charge in [-0.15, -0.1) is 0 Å². The van der Waals surface area contributed by atoms with Crippen molar-refractivity contribution < 1.29 is 23.8 Å². The molecule has 33 heavy (non-hydrogen) atoms. The maximum atomic E-state index is 12.4. The van der Waals surface area contributed by atoms with Crippen LogP contribution < -0.4 is 9.47 Å². The second-order valence-electron chi connectivity index (χ2n) is 7.77. The van der Waals surface area contributed by atoms with Crippen molar-refractivity contribution >= 4 is 23.9 Å². The molecule has 0 bridgehead atoms. The molecule has 0 aromatic heterocycles. The van der Waals surface area contributed by atoms with Crippen molar-refractivity contribution in [1.29, 1.82) is 0 Å². The van der Waals surface area contributed by atoms with Crippen molar-refractivity contribution in [2.45, 2.75) is 13.8 Å². The highest BCUT2D eigenvalue weighted by atomic mass is 16.6. The summed E-state index contributed by atoms with van der Waals surface area (Å²) in [4.78, 5) is 28.6. The van der Waals surface area contributed by atoms with E-state index in [9.17, 15) is 9.59 Å². The molecule has 0 radical (unpaired) electrons. The van der Waals surface area contributed by atoms with Crippen LogP contribution in [0.3, 0.4) is 0 Å². The summed E-state index contributed by atoms with van der Waals surface area (Å²) in [6.07, 6.45) is 1.60. The molecule has 1 aliphatic heterocycles. The van der Waals surface area contributed by atoms with Crippen LogP contribution in [0, 0.1) is 5.92 Å². The average Bonchev–Trinajstić information content (AvgIpc) is 3.20. The third-order valence-electron chi connectivity index (χ3n) is 5.03. The third-order valence-corrected chi connectivity index (χ3v) is 5.03. The number of rotatable bonds is 6. The van der Waals surface area contributed by atoms with Gasteiger partial charge in [0.1, 0.15) is 0 Å². The molecule has 6 heteroatoms. The van der Waals surface area contributed by atoms with Gasteiger partial charge in [0.25, 0.3) is 0 Å². The van der Waals surface area contributed by atoms with Crippen LogP contribution in [-0.4, -0.2) is 24.9 Å². The van der Waals surface area contributed by atoms with Crippen LogP contribution in [0.15, 0.2) is 83.5 Å². The minimum absolute atomic E-state index is 0.172. The van der Waals surface area contributed by atoms with Gasteiger partial charge < -0.3 is 14.2 Å². The maximum absolute atomic E-state index is 12.4. The number of methoxy groups -OCH3 is 1. The molecule has 3 aromatic carbocycles. The number of esters is 2. The highest BCUT2D eigenvalue weighted by Gasteiger charge is 2.24. The summed E-state index contributed by atoms with van der Waals surface area (Å²) in [6.45, 7) is 3.51. The summed E-state index contributed by atoms with van der Waals surface area (Å²) < 4.78 is 16.1. The Kier molecular flexibility index (Phi) is 6.36. The number of hydrogen-bond acceptors (Lipinski definition) is 6. The topological polar surface area (TPSA) is 74.2 Å². The number of benzene rings is 3. The summed E-state index contributed by atoms with van der Waals surface area (Å²) >= 11 is 0. The van der Waals surface area contributed by atoms with Crippen molar-refractivity contribution in [1.82, 2.24) is 0 Å². The molecule has 0 spiro atoms. The van der Waals surface area contributed by atoms with E-state index in [-0.39, 0.29) is 23.5 Å². The van der Waals surface area contributed by atoms with Crippen LogP contribution in [0.25, 0.3) is 17.2 Å². The largest absolute Gasteiger partial charge is 0.493 e. The van der Waals surface area contributed by atoms with Gasteiger partial charge in [0.15, 0.2) is 17.2 Å². The van der Waals surface area contributed by atoms with Crippen LogP contribution in [0.4, 0.5) is 0 Å². The first kappa shape index (κ1) is 22.0. The summed E-state index contributed by atoms with van der Waals surface area (Å²) in [5.41, 5.74) is 3.70. The Morgan fingerprint density at radius 3 is 2.24 bits per heavy atom.